The topological polar surface area (TPSA) is 165 Å². The predicted octanol–water partition coefficient (Wildman–Crippen LogP) is -2.88. The molecule has 9 nitrogen and oxygen atoms in total. The van der Waals surface area contributed by atoms with E-state index >= 15 is 0 Å². The molecule has 0 bridgehead atoms. The van der Waals surface area contributed by atoms with Crippen LogP contribution in [0.2, 0.25) is 15.5 Å². The van der Waals surface area contributed by atoms with E-state index in [2.05, 4.69) is 4.18 Å². The van der Waals surface area contributed by atoms with Gasteiger partial charge in [-0.05, 0) is 0 Å². The van der Waals surface area contributed by atoms with Gasteiger partial charge in [-0.2, -0.15) is 0 Å². The molecule has 1 rings (SSSR count). The maximum absolute atomic E-state index is 10.6. The zero-order valence-electron chi connectivity index (χ0n) is 10.4. The Morgan fingerprint density at radius 3 is 2.35 bits per heavy atom. The summed E-state index contributed by atoms with van der Waals surface area (Å²) in [6.07, 6.45) is -4.98. The second-order valence-electron chi connectivity index (χ2n) is 4.46. The Kier molecular flexibility index (Phi) is 6.80. The van der Waals surface area contributed by atoms with Gasteiger partial charge in [-0.3, -0.25) is 0 Å². The van der Waals surface area contributed by atoms with Crippen molar-refractivity contribution in [2.45, 2.75) is 39.9 Å². The van der Waals surface area contributed by atoms with Crippen molar-refractivity contribution in [2.24, 2.45) is 0 Å². The SMILES string of the molecule is O=S(=O)(O)OC(CO)[C@H](O)C[Se+]1C[C@@H](O)[C@H](O)[C@H]1CO. The van der Waals surface area contributed by atoms with Crippen LogP contribution in [0.25, 0.3) is 0 Å². The molecule has 0 saturated carbocycles. The van der Waals surface area contributed by atoms with E-state index in [9.17, 15) is 28.8 Å². The van der Waals surface area contributed by atoms with E-state index in [4.69, 9.17) is 9.66 Å². The van der Waals surface area contributed by atoms with Gasteiger partial charge in [0.15, 0.2) is 0 Å². The minimum atomic E-state index is -4.81. The summed E-state index contributed by atoms with van der Waals surface area (Å²) < 4.78 is 33.8. The Labute approximate surface area is 120 Å². The Balaban J connectivity index is 2.66. The van der Waals surface area contributed by atoms with Crippen molar-refractivity contribution in [3.05, 3.63) is 0 Å². The Bertz CT molecular complexity index is 402. The molecule has 11 heteroatoms. The molecule has 0 amide bonds. The van der Waals surface area contributed by atoms with Crippen molar-refractivity contribution in [3.63, 3.8) is 0 Å². The van der Waals surface area contributed by atoms with E-state index in [0.29, 0.717) is 0 Å². The molecule has 0 aromatic rings. The summed E-state index contributed by atoms with van der Waals surface area (Å²) in [4.78, 5) is -0.537. The van der Waals surface area contributed by atoms with Crippen molar-refractivity contribution in [1.82, 2.24) is 0 Å². The van der Waals surface area contributed by atoms with Crippen LogP contribution in [0.1, 0.15) is 0 Å². The van der Waals surface area contributed by atoms with Crippen LogP contribution in [0.15, 0.2) is 0 Å². The molecule has 0 radical (unpaired) electrons. The molecule has 0 aromatic carbocycles. The van der Waals surface area contributed by atoms with Crippen molar-refractivity contribution in [1.29, 1.82) is 0 Å². The normalized spacial score (nSPS) is 34.1. The van der Waals surface area contributed by atoms with Gasteiger partial charge in [0, 0.05) is 0 Å². The fourth-order valence-corrected chi connectivity index (χ4v) is 8.17. The van der Waals surface area contributed by atoms with Crippen LogP contribution in [0.3, 0.4) is 0 Å². The molecule has 0 aliphatic carbocycles. The molecule has 1 saturated heterocycles. The fourth-order valence-electron chi connectivity index (χ4n) is 1.99. The molecule has 0 spiro atoms. The van der Waals surface area contributed by atoms with Crippen LogP contribution in [-0.4, -0.2) is 90.0 Å². The third-order valence-corrected chi connectivity index (χ3v) is 9.42. The second-order valence-corrected chi connectivity index (χ2v) is 10.4. The minimum absolute atomic E-state index is 0.0140. The maximum atomic E-state index is 10.6. The number of aliphatic hydroxyl groups is 5. The van der Waals surface area contributed by atoms with Gasteiger partial charge in [0.25, 0.3) is 0 Å². The van der Waals surface area contributed by atoms with Gasteiger partial charge in [-0.25, -0.2) is 0 Å². The number of rotatable bonds is 7. The van der Waals surface area contributed by atoms with E-state index in [1.54, 1.807) is 0 Å². The van der Waals surface area contributed by atoms with Gasteiger partial charge in [0.1, 0.15) is 0 Å². The first-order chi connectivity index (χ1) is 9.19. The van der Waals surface area contributed by atoms with Crippen molar-refractivity contribution in [2.75, 3.05) is 13.2 Å². The van der Waals surface area contributed by atoms with E-state index in [0.717, 1.165) is 0 Å². The van der Waals surface area contributed by atoms with Gasteiger partial charge in [-0.15, -0.1) is 0 Å². The summed E-state index contributed by atoms with van der Waals surface area (Å²) in [7, 11) is -4.81. The van der Waals surface area contributed by atoms with Crippen LogP contribution in [0, 0.1) is 0 Å². The average molecular weight is 382 g/mol. The van der Waals surface area contributed by atoms with Crippen LogP contribution < -0.4 is 0 Å². The first-order valence-electron chi connectivity index (χ1n) is 5.77. The summed E-state index contributed by atoms with van der Waals surface area (Å²) in [6, 6.07) is 0. The van der Waals surface area contributed by atoms with Crippen LogP contribution in [-0.2, 0) is 14.6 Å². The van der Waals surface area contributed by atoms with E-state index in [1.165, 1.54) is 0 Å². The van der Waals surface area contributed by atoms with Crippen molar-refractivity contribution in [3.8, 4) is 0 Å². The standard InChI is InChI=1S/C9H18O9SSe/c10-1-7(18-19(15,16)17)5(12)3-20-4-6(13)9(14)8(20)2-11/h5-14H,1-4H2/p+1/t5-,6-,7?,8-,9+,20?/m1/s1. The molecule has 1 aliphatic heterocycles. The van der Waals surface area contributed by atoms with Crippen LogP contribution >= 0.6 is 0 Å². The summed E-state index contributed by atoms with van der Waals surface area (Å²) in [5, 5.41) is 47.4. The van der Waals surface area contributed by atoms with Gasteiger partial charge in [0.05, 0.1) is 0 Å². The summed E-state index contributed by atoms with van der Waals surface area (Å²) in [6.45, 7) is -1.17. The van der Waals surface area contributed by atoms with Gasteiger partial charge in [-0.1, -0.05) is 0 Å². The molecule has 1 aliphatic rings. The van der Waals surface area contributed by atoms with Crippen LogP contribution in [0.5, 0.6) is 0 Å². The first-order valence-corrected chi connectivity index (χ1v) is 10.5. The molecule has 2 unspecified atom stereocenters. The third kappa shape index (κ3) is 4.88. The third-order valence-electron chi connectivity index (χ3n) is 3.01. The van der Waals surface area contributed by atoms with Crippen LogP contribution in [0.4, 0.5) is 0 Å². The van der Waals surface area contributed by atoms with Gasteiger partial charge < -0.3 is 0 Å². The Morgan fingerprint density at radius 2 is 1.90 bits per heavy atom. The predicted molar refractivity (Wildman–Crippen MR) is 67.7 cm³/mol. The second kappa shape index (κ2) is 7.45. The molecular formula is C9H19O9SSe+. The number of hydrogen-bond acceptors (Lipinski definition) is 8. The monoisotopic (exact) mass is 383 g/mol. The zero-order valence-corrected chi connectivity index (χ0v) is 13.0. The molecular weight excluding hydrogens is 363 g/mol. The summed E-state index contributed by atoms with van der Waals surface area (Å²) in [5.74, 6) is 0. The van der Waals surface area contributed by atoms with Crippen molar-refractivity contribution < 1.29 is 42.7 Å². The van der Waals surface area contributed by atoms with E-state index in [-0.39, 0.29) is 17.2 Å². The molecule has 1 heterocycles. The van der Waals surface area contributed by atoms with E-state index < -0.39 is 60.1 Å². The Hall–Kier alpha value is 0.189. The van der Waals surface area contributed by atoms with Gasteiger partial charge >= 0.3 is 120 Å². The molecule has 1 fully saturated rings. The first kappa shape index (κ1) is 18.2. The number of aliphatic hydroxyl groups excluding tert-OH is 5. The molecule has 120 valence electrons. The molecule has 0 aromatic heterocycles. The van der Waals surface area contributed by atoms with Gasteiger partial charge in [0.2, 0.25) is 0 Å². The summed E-state index contributed by atoms with van der Waals surface area (Å²) >= 11 is -1.82. The fraction of sp³-hybridized carbons (Fsp3) is 1.00. The quantitative estimate of drug-likeness (QED) is 0.200. The van der Waals surface area contributed by atoms with Crippen molar-refractivity contribution >= 4 is 24.3 Å². The number of hydrogen-bond donors (Lipinski definition) is 6. The average Bonchev–Trinajstić information content (AvgIpc) is 2.60. The molecule has 6 N–H and O–H groups in total. The molecule has 6 atom stereocenters. The zero-order chi connectivity index (χ0) is 15.5. The Morgan fingerprint density at radius 1 is 1.30 bits per heavy atom. The molecule has 20 heavy (non-hydrogen) atoms. The summed E-state index contributed by atoms with van der Waals surface area (Å²) in [5.41, 5.74) is 0. The van der Waals surface area contributed by atoms with E-state index in [1.807, 2.05) is 0 Å².